The predicted octanol–water partition coefficient (Wildman–Crippen LogP) is 4.73. The van der Waals surface area contributed by atoms with Crippen molar-refractivity contribution >= 4 is 22.4 Å². The summed E-state index contributed by atoms with van der Waals surface area (Å²) in [7, 11) is 0. The molecule has 2 rings (SSSR count). The number of ether oxygens (including phenoxy) is 1. The van der Waals surface area contributed by atoms with Gasteiger partial charge in [0.15, 0.2) is 5.13 Å². The number of rotatable bonds is 8. The van der Waals surface area contributed by atoms with Gasteiger partial charge >= 0.3 is 0 Å². The van der Waals surface area contributed by atoms with Gasteiger partial charge in [0.2, 0.25) is 5.91 Å². The van der Waals surface area contributed by atoms with Gasteiger partial charge in [-0.2, -0.15) is 0 Å². The molecule has 0 saturated heterocycles. The second kappa shape index (κ2) is 8.54. The summed E-state index contributed by atoms with van der Waals surface area (Å²) in [5.41, 5.74) is 1.90. The first-order valence-corrected chi connectivity index (χ1v) is 8.59. The van der Waals surface area contributed by atoms with E-state index >= 15 is 0 Å². The number of amides is 1. The van der Waals surface area contributed by atoms with Crippen molar-refractivity contribution < 1.29 is 9.53 Å². The van der Waals surface area contributed by atoms with E-state index in [1.807, 2.05) is 36.6 Å². The van der Waals surface area contributed by atoms with Gasteiger partial charge in [0.1, 0.15) is 5.75 Å². The van der Waals surface area contributed by atoms with Crippen LogP contribution in [-0.4, -0.2) is 17.5 Å². The molecule has 0 spiro atoms. The second-order valence-corrected chi connectivity index (χ2v) is 5.92. The average molecular weight is 318 g/mol. The SMILES string of the molecule is CCCCOc1ccc(-c2csc(NC(=O)CCC)n2)cc1. The lowest BCUT2D eigenvalue weighted by Crippen LogP contribution is -2.10. The molecule has 118 valence electrons. The number of aromatic nitrogens is 1. The summed E-state index contributed by atoms with van der Waals surface area (Å²) in [6.45, 7) is 4.88. The monoisotopic (exact) mass is 318 g/mol. The zero-order valence-corrected chi connectivity index (χ0v) is 13.9. The Morgan fingerprint density at radius 2 is 2.00 bits per heavy atom. The third-order valence-electron chi connectivity index (χ3n) is 3.14. The molecule has 0 saturated carbocycles. The number of carbonyl (C=O) groups excluding carboxylic acids is 1. The van der Waals surface area contributed by atoms with Crippen LogP contribution in [0, 0.1) is 0 Å². The van der Waals surface area contributed by atoms with E-state index < -0.39 is 0 Å². The highest BCUT2D eigenvalue weighted by molar-refractivity contribution is 7.14. The summed E-state index contributed by atoms with van der Waals surface area (Å²) in [4.78, 5) is 16.0. The number of hydrogen-bond acceptors (Lipinski definition) is 4. The van der Waals surface area contributed by atoms with Crippen LogP contribution in [0.4, 0.5) is 5.13 Å². The molecule has 5 heteroatoms. The molecule has 0 radical (unpaired) electrons. The Morgan fingerprint density at radius 1 is 1.23 bits per heavy atom. The molecule has 22 heavy (non-hydrogen) atoms. The number of nitrogens with zero attached hydrogens (tertiary/aromatic N) is 1. The number of anilines is 1. The maximum Gasteiger partial charge on any atom is 0.226 e. The highest BCUT2D eigenvalue weighted by atomic mass is 32.1. The minimum atomic E-state index is 0.0167. The molecule has 0 bridgehead atoms. The number of hydrogen-bond donors (Lipinski definition) is 1. The van der Waals surface area contributed by atoms with Gasteiger partial charge in [-0.1, -0.05) is 20.3 Å². The van der Waals surface area contributed by atoms with E-state index in [4.69, 9.17) is 4.74 Å². The lowest BCUT2D eigenvalue weighted by Gasteiger charge is -2.05. The van der Waals surface area contributed by atoms with Crippen molar-refractivity contribution in [3.05, 3.63) is 29.6 Å². The standard InChI is InChI=1S/C17H22N2O2S/c1-3-5-11-21-14-9-7-13(8-10-14)15-12-22-17(18-15)19-16(20)6-4-2/h7-10,12H,3-6,11H2,1-2H3,(H,18,19,20). The number of carbonyl (C=O) groups is 1. The van der Waals surface area contributed by atoms with Gasteiger partial charge in [0, 0.05) is 17.4 Å². The first-order chi connectivity index (χ1) is 10.7. The lowest BCUT2D eigenvalue weighted by atomic mass is 10.2. The number of benzene rings is 1. The summed E-state index contributed by atoms with van der Waals surface area (Å²) in [6, 6.07) is 7.90. The Morgan fingerprint density at radius 3 is 2.68 bits per heavy atom. The van der Waals surface area contributed by atoms with Crippen molar-refractivity contribution in [1.29, 1.82) is 0 Å². The third kappa shape index (κ3) is 4.84. The van der Waals surface area contributed by atoms with Gasteiger partial charge in [-0.05, 0) is 37.1 Å². The Balaban J connectivity index is 1.97. The van der Waals surface area contributed by atoms with Crippen LogP contribution in [0.5, 0.6) is 5.75 Å². The molecule has 0 aliphatic rings. The van der Waals surface area contributed by atoms with E-state index in [-0.39, 0.29) is 5.91 Å². The summed E-state index contributed by atoms with van der Waals surface area (Å²) < 4.78 is 5.65. The molecule has 0 fully saturated rings. The van der Waals surface area contributed by atoms with E-state index in [2.05, 4.69) is 17.2 Å². The molecule has 0 aliphatic carbocycles. The van der Waals surface area contributed by atoms with Crippen LogP contribution < -0.4 is 10.1 Å². The molecule has 0 atom stereocenters. The molecule has 1 heterocycles. The molecular formula is C17H22N2O2S. The Labute approximate surface area is 135 Å². The molecular weight excluding hydrogens is 296 g/mol. The van der Waals surface area contributed by atoms with E-state index in [1.54, 1.807) is 0 Å². The molecule has 0 unspecified atom stereocenters. The van der Waals surface area contributed by atoms with E-state index in [9.17, 15) is 4.79 Å². The van der Waals surface area contributed by atoms with Gasteiger partial charge in [0.25, 0.3) is 0 Å². The Kier molecular flexibility index (Phi) is 6.40. The number of thiazole rings is 1. The van der Waals surface area contributed by atoms with Crippen LogP contribution in [0.2, 0.25) is 0 Å². The smallest absolute Gasteiger partial charge is 0.226 e. The van der Waals surface area contributed by atoms with Gasteiger partial charge in [-0.3, -0.25) is 4.79 Å². The average Bonchev–Trinajstić information content (AvgIpc) is 2.97. The predicted molar refractivity (Wildman–Crippen MR) is 91.5 cm³/mol. The van der Waals surface area contributed by atoms with Gasteiger partial charge in [-0.25, -0.2) is 4.98 Å². The van der Waals surface area contributed by atoms with Crippen LogP contribution in [-0.2, 0) is 4.79 Å². The normalized spacial score (nSPS) is 10.5. The van der Waals surface area contributed by atoms with Crippen molar-refractivity contribution in [3.8, 4) is 17.0 Å². The van der Waals surface area contributed by atoms with Crippen molar-refractivity contribution in [2.45, 2.75) is 39.5 Å². The zero-order chi connectivity index (χ0) is 15.8. The van der Waals surface area contributed by atoms with Crippen molar-refractivity contribution in [1.82, 2.24) is 4.98 Å². The van der Waals surface area contributed by atoms with E-state index in [1.165, 1.54) is 11.3 Å². The van der Waals surface area contributed by atoms with Crippen LogP contribution in [0.3, 0.4) is 0 Å². The minimum absolute atomic E-state index is 0.0167. The summed E-state index contributed by atoms with van der Waals surface area (Å²) in [6.07, 6.45) is 3.56. The largest absolute Gasteiger partial charge is 0.494 e. The molecule has 2 aromatic rings. The quantitative estimate of drug-likeness (QED) is 0.716. The number of nitrogens with one attached hydrogen (secondary N) is 1. The molecule has 1 aromatic carbocycles. The zero-order valence-electron chi connectivity index (χ0n) is 13.1. The van der Waals surface area contributed by atoms with E-state index in [0.717, 1.165) is 42.9 Å². The van der Waals surface area contributed by atoms with Crippen LogP contribution in [0.15, 0.2) is 29.6 Å². The van der Waals surface area contributed by atoms with Crippen molar-refractivity contribution in [2.75, 3.05) is 11.9 Å². The first kappa shape index (κ1) is 16.5. The van der Waals surface area contributed by atoms with Crippen LogP contribution >= 0.6 is 11.3 Å². The number of unbranched alkanes of at least 4 members (excludes halogenated alkanes) is 1. The van der Waals surface area contributed by atoms with Gasteiger partial charge in [0.05, 0.1) is 12.3 Å². The fourth-order valence-electron chi connectivity index (χ4n) is 1.93. The summed E-state index contributed by atoms with van der Waals surface area (Å²) >= 11 is 1.45. The van der Waals surface area contributed by atoms with Gasteiger partial charge < -0.3 is 10.1 Å². The maximum absolute atomic E-state index is 11.6. The Hall–Kier alpha value is -1.88. The highest BCUT2D eigenvalue weighted by Crippen LogP contribution is 2.26. The summed E-state index contributed by atoms with van der Waals surface area (Å²) in [5, 5.41) is 5.43. The molecule has 0 aliphatic heterocycles. The topological polar surface area (TPSA) is 51.2 Å². The maximum atomic E-state index is 11.6. The summed E-state index contributed by atoms with van der Waals surface area (Å²) in [5.74, 6) is 0.895. The minimum Gasteiger partial charge on any atom is -0.494 e. The molecule has 1 aromatic heterocycles. The first-order valence-electron chi connectivity index (χ1n) is 7.71. The fourth-order valence-corrected chi connectivity index (χ4v) is 2.66. The second-order valence-electron chi connectivity index (χ2n) is 5.06. The van der Waals surface area contributed by atoms with E-state index in [0.29, 0.717) is 11.6 Å². The molecule has 1 amide bonds. The fraction of sp³-hybridized carbons (Fsp3) is 0.412. The highest BCUT2D eigenvalue weighted by Gasteiger charge is 2.07. The molecule has 4 nitrogen and oxygen atoms in total. The molecule has 1 N–H and O–H groups in total. The van der Waals surface area contributed by atoms with Gasteiger partial charge in [-0.15, -0.1) is 11.3 Å². The third-order valence-corrected chi connectivity index (χ3v) is 3.90. The Bertz CT molecular complexity index is 593. The van der Waals surface area contributed by atoms with Crippen LogP contribution in [0.1, 0.15) is 39.5 Å². The lowest BCUT2D eigenvalue weighted by molar-refractivity contribution is -0.116. The van der Waals surface area contributed by atoms with Crippen LogP contribution in [0.25, 0.3) is 11.3 Å². The van der Waals surface area contributed by atoms with Crippen molar-refractivity contribution in [2.24, 2.45) is 0 Å². The van der Waals surface area contributed by atoms with Crippen molar-refractivity contribution in [3.63, 3.8) is 0 Å².